The van der Waals surface area contributed by atoms with E-state index in [9.17, 15) is 9.18 Å². The number of carbonyl (C=O) groups is 1. The van der Waals surface area contributed by atoms with Crippen molar-refractivity contribution in [3.05, 3.63) is 68.9 Å². The second-order valence-electron chi connectivity index (χ2n) is 4.12. The summed E-state index contributed by atoms with van der Waals surface area (Å²) in [6.07, 6.45) is 2.87. The minimum atomic E-state index is -0.389. The maximum absolute atomic E-state index is 12.7. The maximum Gasteiger partial charge on any atom is 0.248 e. The second kappa shape index (κ2) is 6.94. The van der Waals surface area contributed by atoms with Crippen LogP contribution in [0.5, 0.6) is 0 Å². The molecule has 0 heterocycles. The molecule has 0 atom stereocenters. The van der Waals surface area contributed by atoms with Gasteiger partial charge in [-0.15, -0.1) is 0 Å². The number of nitrogens with one attached hydrogen (secondary N) is 1. The lowest BCUT2D eigenvalue weighted by molar-refractivity contribution is -0.111. The Bertz CT molecular complexity index is 699. The summed E-state index contributed by atoms with van der Waals surface area (Å²) in [7, 11) is 0. The van der Waals surface area contributed by atoms with Crippen LogP contribution in [0.4, 0.5) is 10.1 Å². The molecule has 0 unspecified atom stereocenters. The third-order valence-corrected chi connectivity index (χ3v) is 3.60. The lowest BCUT2D eigenvalue weighted by Crippen LogP contribution is -2.08. The first-order valence-electron chi connectivity index (χ1n) is 5.85. The molecule has 0 saturated carbocycles. The van der Waals surface area contributed by atoms with E-state index in [1.165, 1.54) is 30.3 Å². The molecule has 0 spiro atoms. The van der Waals surface area contributed by atoms with Crippen molar-refractivity contribution in [1.82, 2.24) is 0 Å². The van der Waals surface area contributed by atoms with Crippen molar-refractivity contribution in [2.45, 2.75) is 0 Å². The van der Waals surface area contributed by atoms with E-state index in [1.807, 2.05) is 0 Å². The fourth-order valence-corrected chi connectivity index (χ4v) is 2.13. The Morgan fingerprint density at radius 1 is 1.00 bits per heavy atom. The van der Waals surface area contributed by atoms with E-state index < -0.39 is 0 Å². The lowest BCUT2D eigenvalue weighted by Gasteiger charge is -2.06. The van der Waals surface area contributed by atoms with E-state index in [4.69, 9.17) is 34.8 Å². The zero-order chi connectivity index (χ0) is 15.4. The summed E-state index contributed by atoms with van der Waals surface area (Å²) in [5.41, 5.74) is 1.06. The van der Waals surface area contributed by atoms with Crippen molar-refractivity contribution in [3.8, 4) is 0 Å². The van der Waals surface area contributed by atoms with E-state index in [-0.39, 0.29) is 16.7 Å². The Morgan fingerprint density at radius 2 is 1.62 bits per heavy atom. The van der Waals surface area contributed by atoms with Gasteiger partial charge in [0.25, 0.3) is 0 Å². The van der Waals surface area contributed by atoms with E-state index in [1.54, 1.807) is 18.2 Å². The van der Waals surface area contributed by atoms with Crippen molar-refractivity contribution < 1.29 is 9.18 Å². The molecule has 0 saturated heterocycles. The molecule has 0 radical (unpaired) electrons. The van der Waals surface area contributed by atoms with Crippen LogP contribution >= 0.6 is 34.8 Å². The molecular weight excluding hydrogens is 336 g/mol. The van der Waals surface area contributed by atoms with Gasteiger partial charge in [-0.3, -0.25) is 4.79 Å². The fourth-order valence-electron chi connectivity index (χ4n) is 1.54. The molecule has 2 nitrogen and oxygen atoms in total. The molecule has 0 aliphatic carbocycles. The molecule has 0 aliphatic rings. The van der Waals surface area contributed by atoms with Crippen molar-refractivity contribution in [2.75, 3.05) is 5.32 Å². The third-order valence-electron chi connectivity index (χ3n) is 2.56. The summed E-state index contributed by atoms with van der Waals surface area (Å²) in [6, 6.07) is 8.66. The first-order valence-corrected chi connectivity index (χ1v) is 6.98. The predicted octanol–water partition coefficient (Wildman–Crippen LogP) is 5.44. The van der Waals surface area contributed by atoms with Crippen molar-refractivity contribution in [1.29, 1.82) is 0 Å². The van der Waals surface area contributed by atoms with Crippen LogP contribution in [0.25, 0.3) is 6.08 Å². The summed E-state index contributed by atoms with van der Waals surface area (Å²) in [5, 5.41) is 3.47. The van der Waals surface area contributed by atoms with Gasteiger partial charge in [0.2, 0.25) is 5.91 Å². The Hall–Kier alpha value is -1.55. The molecular formula is C15H9Cl3FNO. The molecule has 0 aliphatic heterocycles. The van der Waals surface area contributed by atoms with Crippen LogP contribution < -0.4 is 5.32 Å². The Balaban J connectivity index is 2.08. The van der Waals surface area contributed by atoms with Gasteiger partial charge in [0.05, 0.1) is 20.8 Å². The van der Waals surface area contributed by atoms with E-state index in [2.05, 4.69) is 5.32 Å². The standard InChI is InChI=1S/C15H9Cl3FNO/c16-11-7-13(18)14(8-12(11)17)20-15(21)6-3-9-1-4-10(19)5-2-9/h1-8H,(H,20,21)/b6-3+. The molecule has 1 N–H and O–H groups in total. The number of carbonyl (C=O) groups excluding carboxylic acids is 1. The van der Waals surface area contributed by atoms with Crippen molar-refractivity contribution in [2.24, 2.45) is 0 Å². The van der Waals surface area contributed by atoms with Crippen molar-refractivity contribution >= 4 is 52.5 Å². The maximum atomic E-state index is 12.7. The van der Waals surface area contributed by atoms with Gasteiger partial charge >= 0.3 is 0 Å². The first kappa shape index (κ1) is 15.8. The highest BCUT2D eigenvalue weighted by Crippen LogP contribution is 2.32. The Labute approximate surface area is 136 Å². The quantitative estimate of drug-likeness (QED) is 0.583. The number of rotatable bonds is 3. The number of halogens is 4. The van der Waals surface area contributed by atoms with E-state index in [0.717, 1.165) is 0 Å². The minimum Gasteiger partial charge on any atom is -0.321 e. The van der Waals surface area contributed by atoms with Crippen LogP contribution in [0, 0.1) is 5.82 Å². The highest BCUT2D eigenvalue weighted by atomic mass is 35.5. The summed E-state index contributed by atoms with van der Waals surface area (Å²) < 4.78 is 12.7. The number of hydrogen-bond acceptors (Lipinski definition) is 1. The Morgan fingerprint density at radius 3 is 2.29 bits per heavy atom. The fraction of sp³-hybridized carbons (Fsp3) is 0. The van der Waals surface area contributed by atoms with Gasteiger partial charge in [0, 0.05) is 6.08 Å². The number of anilines is 1. The minimum absolute atomic E-state index is 0.285. The molecule has 1 amide bonds. The molecule has 6 heteroatoms. The third kappa shape index (κ3) is 4.46. The topological polar surface area (TPSA) is 29.1 Å². The highest BCUT2D eigenvalue weighted by Gasteiger charge is 2.07. The predicted molar refractivity (Wildman–Crippen MR) is 85.5 cm³/mol. The smallest absolute Gasteiger partial charge is 0.248 e. The number of benzene rings is 2. The van der Waals surface area contributed by atoms with Crippen LogP contribution in [-0.2, 0) is 4.79 Å². The normalized spacial score (nSPS) is 10.9. The average molecular weight is 345 g/mol. The molecule has 0 fully saturated rings. The van der Waals surface area contributed by atoms with Gasteiger partial charge in [-0.2, -0.15) is 0 Å². The molecule has 108 valence electrons. The summed E-state index contributed by atoms with van der Waals surface area (Å²) in [4.78, 5) is 11.8. The van der Waals surface area contributed by atoms with Crippen LogP contribution in [0.2, 0.25) is 15.1 Å². The van der Waals surface area contributed by atoms with Gasteiger partial charge in [-0.25, -0.2) is 4.39 Å². The van der Waals surface area contributed by atoms with Crippen LogP contribution in [0.3, 0.4) is 0 Å². The largest absolute Gasteiger partial charge is 0.321 e. The zero-order valence-corrected chi connectivity index (χ0v) is 12.8. The van der Waals surface area contributed by atoms with Gasteiger partial charge in [-0.05, 0) is 35.9 Å². The SMILES string of the molecule is O=C(/C=C/c1ccc(F)cc1)Nc1cc(Cl)c(Cl)cc1Cl. The molecule has 2 aromatic rings. The van der Waals surface area contributed by atoms with Crippen LogP contribution in [0.1, 0.15) is 5.56 Å². The molecule has 21 heavy (non-hydrogen) atoms. The Kier molecular flexibility index (Phi) is 5.23. The van der Waals surface area contributed by atoms with Crippen molar-refractivity contribution in [3.63, 3.8) is 0 Å². The van der Waals surface area contributed by atoms with Gasteiger partial charge in [0.1, 0.15) is 5.82 Å². The monoisotopic (exact) mass is 343 g/mol. The summed E-state index contributed by atoms with van der Waals surface area (Å²) in [5.74, 6) is -0.723. The second-order valence-corrected chi connectivity index (χ2v) is 5.34. The molecule has 0 bridgehead atoms. The van der Waals surface area contributed by atoms with Gasteiger partial charge in [0.15, 0.2) is 0 Å². The number of amides is 1. The van der Waals surface area contributed by atoms with Crippen LogP contribution in [-0.4, -0.2) is 5.91 Å². The zero-order valence-electron chi connectivity index (χ0n) is 10.5. The van der Waals surface area contributed by atoms with Gasteiger partial charge < -0.3 is 5.32 Å². The summed E-state index contributed by atoms with van der Waals surface area (Å²) >= 11 is 17.6. The summed E-state index contributed by atoms with van der Waals surface area (Å²) in [6.45, 7) is 0. The number of hydrogen-bond donors (Lipinski definition) is 1. The first-order chi connectivity index (χ1) is 9.95. The lowest BCUT2D eigenvalue weighted by atomic mass is 10.2. The van der Waals surface area contributed by atoms with Gasteiger partial charge in [-0.1, -0.05) is 46.9 Å². The van der Waals surface area contributed by atoms with E-state index in [0.29, 0.717) is 21.3 Å². The van der Waals surface area contributed by atoms with E-state index >= 15 is 0 Å². The average Bonchev–Trinajstić information content (AvgIpc) is 2.44. The molecule has 2 rings (SSSR count). The molecule has 2 aromatic carbocycles. The molecule has 0 aromatic heterocycles. The van der Waals surface area contributed by atoms with Crippen LogP contribution in [0.15, 0.2) is 42.5 Å². The highest BCUT2D eigenvalue weighted by molar-refractivity contribution is 6.44.